The van der Waals surface area contributed by atoms with Gasteiger partial charge in [-0.15, -0.1) is 0 Å². The predicted octanol–water partition coefficient (Wildman–Crippen LogP) is 3.99. The Balaban J connectivity index is 0.00000106. The molecular weight excluding hydrogens is 287 g/mol. The lowest BCUT2D eigenvalue weighted by Gasteiger charge is -2.22. The molecule has 1 fully saturated rings. The summed E-state index contributed by atoms with van der Waals surface area (Å²) in [6, 6.07) is 6.53. The number of amides is 1. The highest BCUT2D eigenvalue weighted by Gasteiger charge is 2.44. The fourth-order valence-electron chi connectivity index (χ4n) is 1.73. The van der Waals surface area contributed by atoms with Gasteiger partial charge >= 0.3 is 0 Å². The molecule has 0 saturated carbocycles. The van der Waals surface area contributed by atoms with Crippen molar-refractivity contribution in [3.05, 3.63) is 35.6 Å². The van der Waals surface area contributed by atoms with Crippen molar-refractivity contribution in [3.63, 3.8) is 0 Å². The Kier molecular flexibility index (Phi) is 6.40. The minimum atomic E-state index is -0.492. The third-order valence-electron chi connectivity index (χ3n) is 3.43. The summed E-state index contributed by atoms with van der Waals surface area (Å²) in [5, 5.41) is 3.34. The number of halogens is 1. The van der Waals surface area contributed by atoms with Crippen LogP contribution in [0.1, 0.15) is 40.2 Å². The highest BCUT2D eigenvalue weighted by Crippen LogP contribution is 2.38. The number of rotatable bonds is 3. The topological polar surface area (TPSA) is 41.5 Å². The standard InChI is InChI=1S/C14H17FN2OS.C2H6/c1-9(2)14(3)12(18)17-13(19-14)16-8-10-6-4-5-7-11(10)15;1-2/h4-7,9H,8H2,1-3H3,(H,16,17,18);1-2H3/t14-;/m1./s1. The molecule has 0 spiro atoms. The van der Waals surface area contributed by atoms with Crippen LogP contribution in [-0.2, 0) is 11.3 Å². The van der Waals surface area contributed by atoms with Crippen molar-refractivity contribution < 1.29 is 9.18 Å². The molecule has 1 aromatic rings. The number of thioether (sulfide) groups is 1. The average molecular weight is 310 g/mol. The van der Waals surface area contributed by atoms with Gasteiger partial charge in [-0.2, -0.15) is 0 Å². The Labute approximate surface area is 130 Å². The Morgan fingerprint density at radius 2 is 1.95 bits per heavy atom. The van der Waals surface area contributed by atoms with Crippen molar-refractivity contribution in [1.82, 2.24) is 5.32 Å². The quantitative estimate of drug-likeness (QED) is 0.917. The van der Waals surface area contributed by atoms with E-state index in [1.807, 2.05) is 34.6 Å². The second-order valence-corrected chi connectivity index (χ2v) is 6.47. The van der Waals surface area contributed by atoms with Gasteiger partial charge in [0.2, 0.25) is 5.91 Å². The number of hydrogen-bond acceptors (Lipinski definition) is 3. The van der Waals surface area contributed by atoms with E-state index in [0.717, 1.165) is 0 Å². The van der Waals surface area contributed by atoms with E-state index in [-0.39, 0.29) is 24.2 Å². The third-order valence-corrected chi connectivity index (χ3v) is 4.94. The summed E-state index contributed by atoms with van der Waals surface area (Å²) in [7, 11) is 0. The fraction of sp³-hybridized carbons (Fsp3) is 0.500. The molecule has 1 aliphatic heterocycles. The maximum Gasteiger partial charge on any atom is 0.242 e. The van der Waals surface area contributed by atoms with E-state index in [1.165, 1.54) is 17.8 Å². The SMILES string of the molecule is CC.CC(C)[C@@]1(C)SC(=NCc2ccccc2F)NC1=O. The van der Waals surface area contributed by atoms with Gasteiger partial charge in [0.1, 0.15) is 10.6 Å². The van der Waals surface area contributed by atoms with Gasteiger partial charge in [0, 0.05) is 5.56 Å². The van der Waals surface area contributed by atoms with E-state index in [1.54, 1.807) is 18.2 Å². The number of nitrogens with zero attached hydrogens (tertiary/aromatic N) is 1. The van der Waals surface area contributed by atoms with Crippen molar-refractivity contribution in [1.29, 1.82) is 0 Å². The normalized spacial score (nSPS) is 23.0. The molecule has 1 aliphatic rings. The zero-order chi connectivity index (χ0) is 16.0. The molecule has 1 amide bonds. The summed E-state index contributed by atoms with van der Waals surface area (Å²) in [5.41, 5.74) is 0.531. The molecule has 0 aromatic heterocycles. The highest BCUT2D eigenvalue weighted by atomic mass is 32.2. The van der Waals surface area contributed by atoms with E-state index in [4.69, 9.17) is 0 Å². The summed E-state index contributed by atoms with van der Waals surface area (Å²) < 4.78 is 13.0. The van der Waals surface area contributed by atoms with Crippen LogP contribution in [0.4, 0.5) is 4.39 Å². The van der Waals surface area contributed by atoms with Crippen LogP contribution in [-0.4, -0.2) is 15.8 Å². The molecule has 0 radical (unpaired) electrons. The van der Waals surface area contributed by atoms with Crippen molar-refractivity contribution in [3.8, 4) is 0 Å². The minimum Gasteiger partial charge on any atom is -0.304 e. The van der Waals surface area contributed by atoms with Crippen LogP contribution >= 0.6 is 11.8 Å². The van der Waals surface area contributed by atoms with Crippen molar-refractivity contribution in [2.75, 3.05) is 0 Å². The van der Waals surface area contributed by atoms with Gasteiger partial charge < -0.3 is 5.32 Å². The van der Waals surface area contributed by atoms with Crippen LogP contribution < -0.4 is 5.32 Å². The number of nitrogens with one attached hydrogen (secondary N) is 1. The number of aliphatic imine (C=N–C) groups is 1. The third kappa shape index (κ3) is 4.06. The second-order valence-electron chi connectivity index (χ2n) is 5.03. The molecule has 0 aliphatic carbocycles. The minimum absolute atomic E-state index is 0.0280. The van der Waals surface area contributed by atoms with Crippen molar-refractivity contribution in [2.24, 2.45) is 10.9 Å². The van der Waals surface area contributed by atoms with Gasteiger partial charge in [0.15, 0.2) is 5.17 Å². The summed E-state index contributed by atoms with van der Waals surface area (Å²) in [4.78, 5) is 16.2. The summed E-state index contributed by atoms with van der Waals surface area (Å²) in [5.74, 6) is -0.0914. The molecule has 21 heavy (non-hydrogen) atoms. The zero-order valence-corrected chi connectivity index (χ0v) is 14.1. The maximum atomic E-state index is 13.5. The van der Waals surface area contributed by atoms with Crippen molar-refractivity contribution >= 4 is 22.8 Å². The molecule has 0 unspecified atom stereocenters. The van der Waals surface area contributed by atoms with Crippen LogP contribution in [0.2, 0.25) is 0 Å². The van der Waals surface area contributed by atoms with Crippen LogP contribution in [0.5, 0.6) is 0 Å². The molecule has 5 heteroatoms. The molecule has 1 aromatic carbocycles. The van der Waals surface area contributed by atoms with Gasteiger partial charge in [-0.25, -0.2) is 4.39 Å². The molecule has 1 saturated heterocycles. The van der Waals surface area contributed by atoms with Gasteiger partial charge in [-0.3, -0.25) is 9.79 Å². The van der Waals surface area contributed by atoms with E-state index >= 15 is 0 Å². The number of benzene rings is 1. The first-order valence-electron chi connectivity index (χ1n) is 7.22. The molecule has 0 bridgehead atoms. The van der Waals surface area contributed by atoms with Crippen molar-refractivity contribution in [2.45, 2.75) is 45.9 Å². The van der Waals surface area contributed by atoms with E-state index in [9.17, 15) is 9.18 Å². The number of amidine groups is 1. The molecule has 1 N–H and O–H groups in total. The van der Waals surface area contributed by atoms with E-state index in [0.29, 0.717) is 10.7 Å². The molecule has 1 heterocycles. The Morgan fingerprint density at radius 1 is 1.33 bits per heavy atom. The lowest BCUT2D eigenvalue weighted by Crippen LogP contribution is -2.38. The maximum absolute atomic E-state index is 13.5. The van der Waals surface area contributed by atoms with E-state index in [2.05, 4.69) is 10.3 Å². The van der Waals surface area contributed by atoms with Gasteiger partial charge in [0.25, 0.3) is 0 Å². The largest absolute Gasteiger partial charge is 0.304 e. The fourth-order valence-corrected chi connectivity index (χ4v) is 2.78. The summed E-state index contributed by atoms with van der Waals surface area (Å²) in [6.45, 7) is 10.2. The molecule has 1 atom stereocenters. The van der Waals surface area contributed by atoms with Gasteiger partial charge in [-0.1, -0.05) is 57.7 Å². The van der Waals surface area contributed by atoms with Crippen LogP contribution in [0.25, 0.3) is 0 Å². The first-order chi connectivity index (χ1) is 9.93. The lowest BCUT2D eigenvalue weighted by molar-refractivity contribution is -0.122. The molecule has 3 nitrogen and oxygen atoms in total. The summed E-state index contributed by atoms with van der Waals surface area (Å²) >= 11 is 1.42. The Morgan fingerprint density at radius 3 is 2.48 bits per heavy atom. The lowest BCUT2D eigenvalue weighted by atomic mass is 9.96. The second kappa shape index (κ2) is 7.59. The smallest absolute Gasteiger partial charge is 0.242 e. The number of carbonyl (C=O) groups excluding carboxylic acids is 1. The monoisotopic (exact) mass is 310 g/mol. The van der Waals surface area contributed by atoms with E-state index < -0.39 is 4.75 Å². The first-order valence-corrected chi connectivity index (χ1v) is 8.03. The Hall–Kier alpha value is -1.36. The van der Waals surface area contributed by atoms with Crippen LogP contribution in [0.3, 0.4) is 0 Å². The van der Waals surface area contributed by atoms with Gasteiger partial charge in [0.05, 0.1) is 6.54 Å². The molecule has 116 valence electrons. The van der Waals surface area contributed by atoms with Crippen LogP contribution in [0.15, 0.2) is 29.3 Å². The summed E-state index contributed by atoms with van der Waals surface area (Å²) in [6.07, 6.45) is 0. The first kappa shape index (κ1) is 17.7. The predicted molar refractivity (Wildman–Crippen MR) is 87.9 cm³/mol. The average Bonchev–Trinajstić information content (AvgIpc) is 2.77. The zero-order valence-electron chi connectivity index (χ0n) is 13.2. The number of hydrogen-bond donors (Lipinski definition) is 1. The Bertz CT molecular complexity index is 531. The van der Waals surface area contributed by atoms with Gasteiger partial charge in [-0.05, 0) is 18.9 Å². The molecule has 2 rings (SSSR count). The highest BCUT2D eigenvalue weighted by molar-refractivity contribution is 8.16. The van der Waals surface area contributed by atoms with Crippen LogP contribution in [0, 0.1) is 11.7 Å². The number of carbonyl (C=O) groups is 1. The molecular formula is C16H23FN2OS.